The second-order valence-corrected chi connectivity index (χ2v) is 7.25. The van der Waals surface area contributed by atoms with E-state index in [4.69, 9.17) is 0 Å². The van der Waals surface area contributed by atoms with E-state index in [1.54, 1.807) is 23.1 Å². The van der Waals surface area contributed by atoms with E-state index < -0.39 is 0 Å². The second-order valence-electron chi connectivity index (χ2n) is 6.39. The topological polar surface area (TPSA) is 87.4 Å². The molecular weight excluding hydrogens is 384 g/mol. The number of aliphatic hydroxyl groups is 1. The monoisotopic (exact) mass is 404 g/mol. The van der Waals surface area contributed by atoms with Crippen molar-refractivity contribution < 1.29 is 6.53 Å². The lowest BCUT2D eigenvalue weighted by Gasteiger charge is -2.28. The van der Waals surface area contributed by atoms with Gasteiger partial charge in [0.25, 0.3) is 0 Å². The van der Waals surface area contributed by atoms with Crippen molar-refractivity contribution in [1.82, 2.24) is 19.6 Å². The molecule has 0 radical (unpaired) electrons. The molecule has 4 rings (SSSR count). The maximum atomic E-state index is 9.87. The largest absolute Gasteiger partial charge is 0.394 e. The first kappa shape index (κ1) is 16.3. The third-order valence-corrected chi connectivity index (χ3v) is 5.18. The minimum Gasteiger partial charge on any atom is -0.394 e. The predicted octanol–water partition coefficient (Wildman–Crippen LogP) is 3.59. The van der Waals surface area contributed by atoms with Crippen LogP contribution >= 0.6 is 15.9 Å². The molecule has 0 aliphatic heterocycles. The summed E-state index contributed by atoms with van der Waals surface area (Å²) < 4.78 is 2.55. The Bertz CT molecular complexity index is 882. The molecule has 25 heavy (non-hydrogen) atoms. The smallest absolute Gasteiger partial charge is 0.173 e. The van der Waals surface area contributed by atoms with Gasteiger partial charge in [-0.05, 0) is 40.9 Å². The molecule has 3 N–H and O–H groups in total. The summed E-state index contributed by atoms with van der Waals surface area (Å²) in [5.74, 6) is 1.49. The highest BCUT2D eigenvalue weighted by atomic mass is 79.9. The van der Waals surface area contributed by atoms with Crippen LogP contribution in [-0.2, 0) is 0 Å². The number of fused-ring (bicyclic) bond motifs is 1. The van der Waals surface area contributed by atoms with Crippen LogP contribution in [0, 0.1) is 0 Å². The minimum absolute atomic E-state index is 0. The lowest BCUT2D eigenvalue weighted by atomic mass is 9.99. The first-order valence-electron chi connectivity index (χ1n) is 8.29. The van der Waals surface area contributed by atoms with Crippen LogP contribution in [0.25, 0.3) is 5.65 Å². The Balaban J connectivity index is 0.00000196. The molecule has 132 valence electrons. The number of aromatic nitrogens is 4. The fourth-order valence-electron chi connectivity index (χ4n) is 3.32. The van der Waals surface area contributed by atoms with E-state index in [0.29, 0.717) is 5.65 Å². The number of hydrogen-bond acceptors (Lipinski definition) is 6. The van der Waals surface area contributed by atoms with Gasteiger partial charge in [-0.25, -0.2) is 4.98 Å². The second kappa shape index (κ2) is 6.61. The van der Waals surface area contributed by atoms with Crippen molar-refractivity contribution in [1.29, 1.82) is 0 Å². The third kappa shape index (κ3) is 3.19. The van der Waals surface area contributed by atoms with Gasteiger partial charge in [0.1, 0.15) is 11.6 Å². The van der Waals surface area contributed by atoms with E-state index in [2.05, 4.69) is 41.6 Å². The van der Waals surface area contributed by atoms with E-state index in [1.165, 1.54) is 0 Å². The molecule has 0 saturated heterocycles. The van der Waals surface area contributed by atoms with Gasteiger partial charge in [-0.15, -0.1) is 0 Å². The van der Waals surface area contributed by atoms with Gasteiger partial charge in [-0.3, -0.25) is 4.98 Å². The Kier molecular flexibility index (Phi) is 4.30. The molecule has 7 nitrogen and oxygen atoms in total. The van der Waals surface area contributed by atoms with Gasteiger partial charge in [-0.2, -0.15) is 9.61 Å². The summed E-state index contributed by atoms with van der Waals surface area (Å²) in [5, 5.41) is 21.0. The van der Waals surface area contributed by atoms with Crippen LogP contribution in [0.5, 0.6) is 0 Å². The summed E-state index contributed by atoms with van der Waals surface area (Å²) in [6.07, 6.45) is 9.34. The molecule has 3 aromatic heterocycles. The van der Waals surface area contributed by atoms with Gasteiger partial charge < -0.3 is 15.7 Å². The van der Waals surface area contributed by atoms with E-state index in [0.717, 1.165) is 47.5 Å². The first-order valence-corrected chi connectivity index (χ1v) is 9.09. The zero-order valence-corrected chi connectivity index (χ0v) is 15.2. The molecule has 1 fully saturated rings. The van der Waals surface area contributed by atoms with Gasteiger partial charge in [0.05, 0.1) is 34.7 Å². The normalized spacial score (nSPS) is 16.2. The highest BCUT2D eigenvalue weighted by molar-refractivity contribution is 9.10. The van der Waals surface area contributed by atoms with Crippen molar-refractivity contribution in [3.05, 3.63) is 41.3 Å². The Morgan fingerprint density at radius 1 is 1.32 bits per heavy atom. The molecular formula is C17H21BrN6O. The Morgan fingerprint density at radius 3 is 2.88 bits per heavy atom. The molecule has 0 atom stereocenters. The number of pyridine rings is 1. The van der Waals surface area contributed by atoms with Crippen molar-refractivity contribution in [2.24, 2.45) is 0 Å². The Morgan fingerprint density at radius 2 is 2.16 bits per heavy atom. The van der Waals surface area contributed by atoms with Crippen molar-refractivity contribution in [2.45, 2.75) is 31.2 Å². The third-order valence-electron chi connectivity index (χ3n) is 4.62. The number of nitrogens with zero attached hydrogens (tertiary/aromatic N) is 4. The molecule has 1 aliphatic carbocycles. The molecule has 0 bridgehead atoms. The Labute approximate surface area is 155 Å². The van der Waals surface area contributed by atoms with Gasteiger partial charge in [-0.1, -0.05) is 12.8 Å². The van der Waals surface area contributed by atoms with E-state index >= 15 is 0 Å². The van der Waals surface area contributed by atoms with Crippen LogP contribution in [-0.4, -0.2) is 36.8 Å². The van der Waals surface area contributed by atoms with Crippen LogP contribution < -0.4 is 10.6 Å². The van der Waals surface area contributed by atoms with Crippen LogP contribution in [0.3, 0.4) is 0 Å². The molecule has 0 aromatic carbocycles. The van der Waals surface area contributed by atoms with E-state index in [-0.39, 0.29) is 13.6 Å². The Hall–Kier alpha value is -2.19. The maximum absolute atomic E-state index is 9.87. The highest BCUT2D eigenvalue weighted by Crippen LogP contribution is 2.33. The molecule has 8 heteroatoms. The number of hydrogen-bond donors (Lipinski definition) is 3. The molecule has 3 aromatic rings. The number of rotatable bonds is 5. The van der Waals surface area contributed by atoms with Crippen LogP contribution in [0.4, 0.5) is 17.3 Å². The molecule has 1 aliphatic rings. The van der Waals surface area contributed by atoms with Crippen molar-refractivity contribution >= 4 is 38.9 Å². The summed E-state index contributed by atoms with van der Waals surface area (Å²) in [6.45, 7) is 0.103. The fraction of sp³-hybridized carbons (Fsp3) is 0.353. The quantitative estimate of drug-likeness (QED) is 0.602. The summed E-state index contributed by atoms with van der Waals surface area (Å²) in [6, 6.07) is 5.73. The average Bonchev–Trinajstić information content (AvgIpc) is 3.24. The van der Waals surface area contributed by atoms with Crippen LogP contribution in [0.2, 0.25) is 0 Å². The maximum Gasteiger partial charge on any atom is 0.173 e. The zero-order chi connectivity index (χ0) is 17.3. The zero-order valence-electron chi connectivity index (χ0n) is 13.6. The standard InChI is InChI=1S/C17H19BrN6O.H2/c18-13-10-20-24-15(21-12-4-3-7-19-9-12)8-14(22-16(13)24)23-17(11-25)5-1-2-6-17;/h3-4,7-10,21,25H,1-2,5-6,11H2,(H,22,23);1H. The molecule has 0 spiro atoms. The minimum atomic E-state index is -0.288. The predicted molar refractivity (Wildman–Crippen MR) is 102 cm³/mol. The highest BCUT2D eigenvalue weighted by Gasteiger charge is 2.33. The number of anilines is 3. The first-order chi connectivity index (χ1) is 12.2. The SMILES string of the molecule is OCC1(Nc2cc(Nc3cccnc3)n3ncc(Br)c3n2)CCCC1.[HH]. The summed E-state index contributed by atoms with van der Waals surface area (Å²) in [4.78, 5) is 8.80. The van der Waals surface area contributed by atoms with Gasteiger partial charge in [0.15, 0.2) is 5.65 Å². The summed E-state index contributed by atoms with van der Waals surface area (Å²) in [7, 11) is 0. The lowest BCUT2D eigenvalue weighted by Crippen LogP contribution is -2.39. The summed E-state index contributed by atoms with van der Waals surface area (Å²) >= 11 is 3.50. The molecule has 0 amide bonds. The number of halogens is 1. The van der Waals surface area contributed by atoms with E-state index in [9.17, 15) is 5.11 Å². The van der Waals surface area contributed by atoms with Crippen molar-refractivity contribution in [3.8, 4) is 0 Å². The van der Waals surface area contributed by atoms with Gasteiger partial charge >= 0.3 is 0 Å². The number of aliphatic hydroxyl groups excluding tert-OH is 1. The van der Waals surface area contributed by atoms with Crippen LogP contribution in [0.15, 0.2) is 41.3 Å². The number of nitrogens with one attached hydrogen (secondary N) is 2. The van der Waals surface area contributed by atoms with Crippen LogP contribution in [0.1, 0.15) is 27.1 Å². The molecule has 0 unspecified atom stereocenters. The van der Waals surface area contributed by atoms with Gasteiger partial charge in [0.2, 0.25) is 0 Å². The average molecular weight is 405 g/mol. The van der Waals surface area contributed by atoms with Crippen molar-refractivity contribution in [3.63, 3.8) is 0 Å². The molecule has 3 heterocycles. The fourth-order valence-corrected chi connectivity index (χ4v) is 3.67. The van der Waals surface area contributed by atoms with Gasteiger partial charge in [0, 0.05) is 13.7 Å². The lowest BCUT2D eigenvalue weighted by molar-refractivity contribution is 0.214. The van der Waals surface area contributed by atoms with E-state index in [1.807, 2.05) is 18.2 Å². The van der Waals surface area contributed by atoms with Crippen molar-refractivity contribution in [2.75, 3.05) is 17.2 Å². The molecule has 1 saturated carbocycles. The summed E-state index contributed by atoms with van der Waals surface area (Å²) in [5.41, 5.74) is 1.29.